The molecule has 0 heterocycles. The molecular weight excluding hydrogens is 288 g/mol. The quantitative estimate of drug-likeness (QED) is 0.480. The van der Waals surface area contributed by atoms with Crippen molar-refractivity contribution in [3.63, 3.8) is 0 Å². The second kappa shape index (κ2) is 9.64. The molecule has 24 heavy (non-hydrogen) atoms. The largest absolute Gasteiger partial charge is 0.0654 e. The second-order valence-electron chi connectivity index (χ2n) is 8.73. The van der Waals surface area contributed by atoms with E-state index in [4.69, 9.17) is 0 Å². The van der Waals surface area contributed by atoms with E-state index in [1.54, 1.807) is 5.56 Å². The van der Waals surface area contributed by atoms with E-state index in [0.29, 0.717) is 0 Å². The maximum atomic E-state index is 2.35. The lowest BCUT2D eigenvalue weighted by atomic mass is 9.75. The normalized spacial score (nSPS) is 31.0. The Labute approximate surface area is 150 Å². The minimum atomic E-state index is 0.844. The predicted octanol–water partition coefficient (Wildman–Crippen LogP) is 7.74. The monoisotopic (exact) mass is 326 g/mol. The molecule has 0 amide bonds. The first kappa shape index (κ1) is 18.0. The van der Waals surface area contributed by atoms with E-state index in [0.717, 1.165) is 23.7 Å². The van der Waals surface area contributed by atoms with E-state index in [2.05, 4.69) is 37.3 Å². The van der Waals surface area contributed by atoms with Gasteiger partial charge in [0, 0.05) is 0 Å². The van der Waals surface area contributed by atoms with Crippen LogP contribution in [0.2, 0.25) is 0 Å². The first-order valence-electron chi connectivity index (χ1n) is 10.9. The van der Waals surface area contributed by atoms with Gasteiger partial charge in [0.2, 0.25) is 0 Å². The Hall–Kier alpha value is -0.780. The van der Waals surface area contributed by atoms with Gasteiger partial charge in [-0.2, -0.15) is 0 Å². The van der Waals surface area contributed by atoms with Gasteiger partial charge in [0.05, 0.1) is 0 Å². The fraction of sp³-hybridized carbons (Fsp3) is 0.750. The first-order chi connectivity index (χ1) is 11.8. The SMILES string of the molecule is CCCC1CCC(CCCC2CCC(c3ccccc3)CC2)CC1. The second-order valence-corrected chi connectivity index (χ2v) is 8.73. The van der Waals surface area contributed by atoms with Crippen LogP contribution in [0.1, 0.15) is 102 Å². The van der Waals surface area contributed by atoms with Gasteiger partial charge in [-0.15, -0.1) is 0 Å². The number of rotatable bonds is 7. The molecule has 2 fully saturated rings. The Morgan fingerprint density at radius 3 is 1.71 bits per heavy atom. The van der Waals surface area contributed by atoms with E-state index in [-0.39, 0.29) is 0 Å². The van der Waals surface area contributed by atoms with Crippen molar-refractivity contribution < 1.29 is 0 Å². The summed E-state index contributed by atoms with van der Waals surface area (Å²) in [4.78, 5) is 0. The highest BCUT2D eigenvalue weighted by molar-refractivity contribution is 5.19. The molecule has 0 saturated heterocycles. The minimum Gasteiger partial charge on any atom is -0.0654 e. The molecule has 0 atom stereocenters. The van der Waals surface area contributed by atoms with Gasteiger partial charge in [-0.25, -0.2) is 0 Å². The standard InChI is InChI=1S/C24H38/c1-2-7-20-12-14-21(15-13-20)8-6-9-22-16-18-24(19-17-22)23-10-4-3-5-11-23/h3-5,10-11,20-22,24H,2,6-9,12-19H2,1H3. The highest BCUT2D eigenvalue weighted by Gasteiger charge is 2.23. The molecule has 0 aliphatic heterocycles. The first-order valence-corrected chi connectivity index (χ1v) is 10.9. The van der Waals surface area contributed by atoms with Crippen molar-refractivity contribution in [3.05, 3.63) is 35.9 Å². The summed E-state index contributed by atoms with van der Waals surface area (Å²) in [5, 5.41) is 0. The summed E-state index contributed by atoms with van der Waals surface area (Å²) in [6, 6.07) is 11.2. The molecule has 2 saturated carbocycles. The fourth-order valence-electron chi connectivity index (χ4n) is 5.42. The van der Waals surface area contributed by atoms with Crippen LogP contribution in [-0.4, -0.2) is 0 Å². The molecule has 1 aromatic carbocycles. The van der Waals surface area contributed by atoms with Crippen molar-refractivity contribution in [2.45, 2.75) is 96.3 Å². The Morgan fingerprint density at radius 2 is 1.17 bits per heavy atom. The van der Waals surface area contributed by atoms with Crippen molar-refractivity contribution in [2.24, 2.45) is 17.8 Å². The minimum absolute atomic E-state index is 0.844. The Morgan fingerprint density at radius 1 is 0.667 bits per heavy atom. The van der Waals surface area contributed by atoms with Gasteiger partial charge in [-0.05, 0) is 54.9 Å². The Bertz CT molecular complexity index is 432. The van der Waals surface area contributed by atoms with Gasteiger partial charge < -0.3 is 0 Å². The zero-order valence-corrected chi connectivity index (χ0v) is 15.9. The number of hydrogen-bond donors (Lipinski definition) is 0. The molecule has 0 radical (unpaired) electrons. The molecule has 134 valence electrons. The van der Waals surface area contributed by atoms with E-state index < -0.39 is 0 Å². The summed E-state index contributed by atoms with van der Waals surface area (Å²) in [7, 11) is 0. The van der Waals surface area contributed by atoms with Gasteiger partial charge in [-0.1, -0.05) is 95.0 Å². The Balaban J connectivity index is 1.29. The molecule has 0 N–H and O–H groups in total. The van der Waals surface area contributed by atoms with Crippen LogP contribution in [0.5, 0.6) is 0 Å². The molecule has 0 unspecified atom stereocenters. The zero-order chi connectivity index (χ0) is 16.6. The number of hydrogen-bond acceptors (Lipinski definition) is 0. The van der Waals surface area contributed by atoms with Crippen molar-refractivity contribution >= 4 is 0 Å². The van der Waals surface area contributed by atoms with E-state index in [1.165, 1.54) is 83.5 Å². The zero-order valence-electron chi connectivity index (χ0n) is 15.9. The van der Waals surface area contributed by atoms with E-state index >= 15 is 0 Å². The van der Waals surface area contributed by atoms with Crippen molar-refractivity contribution in [1.82, 2.24) is 0 Å². The third kappa shape index (κ3) is 5.36. The summed E-state index contributed by atoms with van der Waals surface area (Å²) >= 11 is 0. The van der Waals surface area contributed by atoms with Crippen LogP contribution in [0.25, 0.3) is 0 Å². The van der Waals surface area contributed by atoms with Crippen LogP contribution in [0.15, 0.2) is 30.3 Å². The topological polar surface area (TPSA) is 0 Å². The lowest BCUT2D eigenvalue weighted by Gasteiger charge is -2.30. The van der Waals surface area contributed by atoms with Crippen molar-refractivity contribution in [3.8, 4) is 0 Å². The highest BCUT2D eigenvalue weighted by Crippen LogP contribution is 2.39. The van der Waals surface area contributed by atoms with Gasteiger partial charge >= 0.3 is 0 Å². The molecule has 0 nitrogen and oxygen atoms in total. The Kier molecular flexibility index (Phi) is 7.24. The van der Waals surface area contributed by atoms with E-state index in [1.807, 2.05) is 0 Å². The maximum absolute atomic E-state index is 2.35. The lowest BCUT2D eigenvalue weighted by Crippen LogP contribution is -2.16. The molecule has 0 spiro atoms. The third-order valence-corrected chi connectivity index (χ3v) is 7.01. The highest BCUT2D eigenvalue weighted by atomic mass is 14.3. The average molecular weight is 327 g/mol. The summed E-state index contributed by atoms with van der Waals surface area (Å²) in [5.74, 6) is 4.01. The smallest absolute Gasteiger partial charge is 0.0162 e. The van der Waals surface area contributed by atoms with E-state index in [9.17, 15) is 0 Å². The third-order valence-electron chi connectivity index (χ3n) is 7.01. The molecule has 0 aromatic heterocycles. The molecular formula is C24H38. The lowest BCUT2D eigenvalue weighted by molar-refractivity contribution is 0.236. The van der Waals surface area contributed by atoms with Crippen LogP contribution in [0, 0.1) is 17.8 Å². The molecule has 0 heteroatoms. The summed E-state index contributed by atoms with van der Waals surface area (Å²) < 4.78 is 0. The van der Waals surface area contributed by atoms with Gasteiger partial charge in [0.25, 0.3) is 0 Å². The van der Waals surface area contributed by atoms with Crippen LogP contribution >= 0.6 is 0 Å². The molecule has 1 aromatic rings. The maximum Gasteiger partial charge on any atom is -0.0162 e. The van der Waals surface area contributed by atoms with Crippen molar-refractivity contribution in [1.29, 1.82) is 0 Å². The molecule has 2 aliphatic rings. The predicted molar refractivity (Wildman–Crippen MR) is 105 cm³/mol. The summed E-state index contributed by atoms with van der Waals surface area (Å²) in [6.45, 7) is 2.35. The summed E-state index contributed by atoms with van der Waals surface area (Å²) in [6.07, 6.45) is 19.3. The van der Waals surface area contributed by atoms with Gasteiger partial charge in [-0.3, -0.25) is 0 Å². The van der Waals surface area contributed by atoms with Crippen LogP contribution in [-0.2, 0) is 0 Å². The van der Waals surface area contributed by atoms with Gasteiger partial charge in [0.1, 0.15) is 0 Å². The van der Waals surface area contributed by atoms with Crippen LogP contribution in [0.3, 0.4) is 0 Å². The van der Waals surface area contributed by atoms with Crippen LogP contribution < -0.4 is 0 Å². The van der Waals surface area contributed by atoms with Crippen LogP contribution in [0.4, 0.5) is 0 Å². The molecule has 2 aliphatic carbocycles. The fourth-order valence-corrected chi connectivity index (χ4v) is 5.42. The molecule has 0 bridgehead atoms. The summed E-state index contributed by atoms with van der Waals surface area (Å²) in [5.41, 5.74) is 1.58. The molecule has 3 rings (SSSR count). The van der Waals surface area contributed by atoms with Gasteiger partial charge in [0.15, 0.2) is 0 Å². The number of benzene rings is 1. The van der Waals surface area contributed by atoms with Crippen molar-refractivity contribution in [2.75, 3.05) is 0 Å². The average Bonchev–Trinajstić information content (AvgIpc) is 2.65.